The van der Waals surface area contributed by atoms with Crippen molar-refractivity contribution in [1.29, 1.82) is 0 Å². The highest BCUT2D eigenvalue weighted by atomic mass is 16.2. The Morgan fingerprint density at radius 1 is 1.21 bits per heavy atom. The Morgan fingerprint density at radius 2 is 2.00 bits per heavy atom. The van der Waals surface area contributed by atoms with Crippen molar-refractivity contribution < 1.29 is 9.59 Å². The van der Waals surface area contributed by atoms with E-state index in [2.05, 4.69) is 15.6 Å². The van der Waals surface area contributed by atoms with Crippen molar-refractivity contribution in [1.82, 2.24) is 15.2 Å². The molecule has 6 heteroatoms. The molecule has 2 saturated heterocycles. The number of hydrogen-bond donors (Lipinski definition) is 2. The number of anilines is 1. The first kappa shape index (κ1) is 16.9. The second-order valence-corrected chi connectivity index (χ2v) is 6.86. The van der Waals surface area contributed by atoms with Gasteiger partial charge in [0.2, 0.25) is 11.8 Å². The number of amides is 2. The van der Waals surface area contributed by atoms with E-state index in [0.717, 1.165) is 50.9 Å². The van der Waals surface area contributed by atoms with Gasteiger partial charge in [0.15, 0.2) is 0 Å². The van der Waals surface area contributed by atoms with E-state index in [4.69, 9.17) is 0 Å². The number of hydrogen-bond acceptors (Lipinski definition) is 4. The lowest BCUT2D eigenvalue weighted by Gasteiger charge is -2.35. The zero-order valence-electron chi connectivity index (χ0n) is 14.3. The third kappa shape index (κ3) is 4.12. The molecule has 0 saturated carbocycles. The van der Waals surface area contributed by atoms with Crippen molar-refractivity contribution in [2.24, 2.45) is 11.8 Å². The Balaban J connectivity index is 1.57. The number of nitrogens with zero attached hydrogens (tertiary/aromatic N) is 2. The molecule has 130 valence electrons. The molecule has 24 heavy (non-hydrogen) atoms. The minimum Gasteiger partial charge on any atom is -0.342 e. The molecule has 2 fully saturated rings. The average Bonchev–Trinajstić information content (AvgIpc) is 2.64. The van der Waals surface area contributed by atoms with E-state index in [1.165, 1.54) is 0 Å². The Hall–Kier alpha value is -1.95. The molecule has 0 aromatic carbocycles. The fraction of sp³-hybridized carbons (Fsp3) is 0.611. The Bertz CT molecular complexity index is 581. The first-order chi connectivity index (χ1) is 11.6. The topological polar surface area (TPSA) is 74.3 Å². The molecule has 2 amide bonds. The van der Waals surface area contributed by atoms with Crippen molar-refractivity contribution in [3.63, 3.8) is 0 Å². The summed E-state index contributed by atoms with van der Waals surface area (Å²) < 4.78 is 0. The molecule has 0 aliphatic carbocycles. The number of carbonyl (C=O) groups excluding carboxylic acids is 2. The summed E-state index contributed by atoms with van der Waals surface area (Å²) in [4.78, 5) is 31.3. The predicted molar refractivity (Wildman–Crippen MR) is 92.5 cm³/mol. The molecular formula is C18H26N4O2. The smallest absolute Gasteiger partial charge is 0.230 e. The minimum atomic E-state index is -0.146. The van der Waals surface area contributed by atoms with Crippen LogP contribution in [0.25, 0.3) is 0 Å². The third-order valence-corrected chi connectivity index (χ3v) is 4.95. The number of rotatable bonds is 3. The van der Waals surface area contributed by atoms with Crippen LogP contribution in [0.15, 0.2) is 18.3 Å². The van der Waals surface area contributed by atoms with Crippen LogP contribution in [0.4, 0.5) is 5.82 Å². The summed E-state index contributed by atoms with van der Waals surface area (Å²) in [6.45, 7) is 5.08. The zero-order chi connectivity index (χ0) is 16.9. The molecule has 0 spiro atoms. The molecule has 6 nitrogen and oxygen atoms in total. The normalized spacial score (nSPS) is 22.2. The number of aryl methyl sites for hydroxylation is 1. The molecule has 2 aliphatic rings. The van der Waals surface area contributed by atoms with Crippen LogP contribution in [0.2, 0.25) is 0 Å². The molecule has 1 aromatic rings. The van der Waals surface area contributed by atoms with Crippen molar-refractivity contribution in [3.05, 3.63) is 23.9 Å². The summed E-state index contributed by atoms with van der Waals surface area (Å²) in [5.41, 5.74) is 1.06. The first-order valence-electron chi connectivity index (χ1n) is 8.86. The molecule has 2 aliphatic heterocycles. The second-order valence-electron chi connectivity index (χ2n) is 6.86. The van der Waals surface area contributed by atoms with E-state index >= 15 is 0 Å². The zero-order valence-corrected chi connectivity index (χ0v) is 14.3. The van der Waals surface area contributed by atoms with Crippen LogP contribution in [0.1, 0.15) is 31.2 Å². The van der Waals surface area contributed by atoms with Gasteiger partial charge in [0.05, 0.1) is 5.92 Å². The second kappa shape index (κ2) is 7.75. The predicted octanol–water partition coefficient (Wildman–Crippen LogP) is 1.57. The van der Waals surface area contributed by atoms with Gasteiger partial charge in [-0.05, 0) is 57.3 Å². The molecule has 0 radical (unpaired) electrons. The minimum absolute atomic E-state index is 0.0332. The Kier molecular flexibility index (Phi) is 5.45. The molecule has 3 rings (SSSR count). The molecule has 0 bridgehead atoms. The van der Waals surface area contributed by atoms with Crippen LogP contribution in [0, 0.1) is 18.8 Å². The van der Waals surface area contributed by atoms with Gasteiger partial charge in [-0.25, -0.2) is 4.98 Å². The summed E-state index contributed by atoms with van der Waals surface area (Å²) in [6, 6.07) is 3.74. The largest absolute Gasteiger partial charge is 0.342 e. The van der Waals surface area contributed by atoms with E-state index in [9.17, 15) is 9.59 Å². The van der Waals surface area contributed by atoms with E-state index < -0.39 is 0 Å². The SMILES string of the molecule is Cc1ccc(NC(=O)C2CCCN(C(=O)C3CCNCC3)C2)nc1. The molecule has 1 unspecified atom stereocenters. The fourth-order valence-electron chi connectivity index (χ4n) is 3.49. The fourth-order valence-corrected chi connectivity index (χ4v) is 3.49. The Labute approximate surface area is 143 Å². The molecule has 2 N–H and O–H groups in total. The van der Waals surface area contributed by atoms with Gasteiger partial charge < -0.3 is 15.5 Å². The van der Waals surface area contributed by atoms with Crippen molar-refractivity contribution >= 4 is 17.6 Å². The summed E-state index contributed by atoms with van der Waals surface area (Å²) >= 11 is 0. The lowest BCUT2D eigenvalue weighted by molar-refractivity contribution is -0.139. The maximum Gasteiger partial charge on any atom is 0.230 e. The van der Waals surface area contributed by atoms with E-state index in [-0.39, 0.29) is 23.7 Å². The maximum atomic E-state index is 12.7. The van der Waals surface area contributed by atoms with Gasteiger partial charge in [0.25, 0.3) is 0 Å². The van der Waals surface area contributed by atoms with Crippen LogP contribution in [0.5, 0.6) is 0 Å². The van der Waals surface area contributed by atoms with Gasteiger partial charge in [0.1, 0.15) is 5.82 Å². The molecule has 1 atom stereocenters. The number of carbonyl (C=O) groups is 2. The standard InChI is InChI=1S/C18H26N4O2/c1-13-4-5-16(20-11-13)21-17(23)15-3-2-10-22(12-15)18(24)14-6-8-19-9-7-14/h4-5,11,14-15,19H,2-3,6-10,12H2,1H3,(H,20,21,23). The third-order valence-electron chi connectivity index (χ3n) is 4.95. The van der Waals surface area contributed by atoms with Crippen LogP contribution in [0.3, 0.4) is 0 Å². The Morgan fingerprint density at radius 3 is 2.71 bits per heavy atom. The van der Waals surface area contributed by atoms with Crippen LogP contribution in [-0.4, -0.2) is 47.9 Å². The van der Waals surface area contributed by atoms with Crippen molar-refractivity contribution in [2.45, 2.75) is 32.6 Å². The maximum absolute atomic E-state index is 12.7. The van der Waals surface area contributed by atoms with Gasteiger partial charge in [-0.2, -0.15) is 0 Å². The number of pyridine rings is 1. The number of nitrogens with one attached hydrogen (secondary N) is 2. The summed E-state index contributed by atoms with van der Waals surface area (Å²) in [5.74, 6) is 0.739. The molecular weight excluding hydrogens is 304 g/mol. The first-order valence-corrected chi connectivity index (χ1v) is 8.86. The monoisotopic (exact) mass is 330 g/mol. The van der Waals surface area contributed by atoms with E-state index in [1.54, 1.807) is 6.20 Å². The van der Waals surface area contributed by atoms with Gasteiger partial charge in [-0.15, -0.1) is 0 Å². The average molecular weight is 330 g/mol. The van der Waals surface area contributed by atoms with E-state index in [1.807, 2.05) is 24.0 Å². The lowest BCUT2D eigenvalue weighted by atomic mass is 9.92. The number of aromatic nitrogens is 1. The van der Waals surface area contributed by atoms with Crippen LogP contribution < -0.4 is 10.6 Å². The quantitative estimate of drug-likeness (QED) is 0.882. The summed E-state index contributed by atoms with van der Waals surface area (Å²) in [6.07, 6.45) is 5.26. The highest BCUT2D eigenvalue weighted by Crippen LogP contribution is 2.22. The van der Waals surface area contributed by atoms with Crippen molar-refractivity contribution in [2.75, 3.05) is 31.5 Å². The van der Waals surface area contributed by atoms with Gasteiger partial charge in [-0.3, -0.25) is 9.59 Å². The van der Waals surface area contributed by atoms with E-state index in [0.29, 0.717) is 12.4 Å². The highest BCUT2D eigenvalue weighted by Gasteiger charge is 2.32. The molecule has 1 aromatic heterocycles. The van der Waals surface area contributed by atoms with Crippen LogP contribution >= 0.6 is 0 Å². The highest BCUT2D eigenvalue weighted by molar-refractivity contribution is 5.92. The summed E-state index contributed by atoms with van der Waals surface area (Å²) in [7, 11) is 0. The summed E-state index contributed by atoms with van der Waals surface area (Å²) in [5, 5.41) is 6.17. The van der Waals surface area contributed by atoms with Gasteiger partial charge in [-0.1, -0.05) is 6.07 Å². The van der Waals surface area contributed by atoms with Gasteiger partial charge >= 0.3 is 0 Å². The lowest BCUT2D eigenvalue weighted by Crippen LogP contribution is -2.47. The number of piperidine rings is 2. The van der Waals surface area contributed by atoms with Crippen molar-refractivity contribution in [3.8, 4) is 0 Å². The van der Waals surface area contributed by atoms with Crippen LogP contribution in [-0.2, 0) is 9.59 Å². The molecule has 3 heterocycles. The van der Waals surface area contributed by atoms with Gasteiger partial charge in [0, 0.05) is 25.2 Å². The number of likely N-dealkylation sites (tertiary alicyclic amines) is 1.